The van der Waals surface area contributed by atoms with E-state index in [4.69, 9.17) is 16.6 Å². The monoisotopic (exact) mass is 478 g/mol. The molecule has 0 amide bonds. The number of H-pyrrole nitrogens is 1. The first-order chi connectivity index (χ1) is 15.6. The lowest BCUT2D eigenvalue weighted by atomic mass is 9.93. The van der Waals surface area contributed by atoms with Crippen LogP contribution in [0.1, 0.15) is 16.7 Å². The maximum Gasteiger partial charge on any atom is 0.229 e. The van der Waals surface area contributed by atoms with Crippen molar-refractivity contribution in [2.75, 3.05) is 11.0 Å². The van der Waals surface area contributed by atoms with E-state index in [1.54, 1.807) is 37.3 Å². The highest BCUT2D eigenvalue weighted by atomic mass is 35.5. The summed E-state index contributed by atoms with van der Waals surface area (Å²) in [5.74, 6) is 0. The van der Waals surface area contributed by atoms with Crippen LogP contribution in [0.5, 0.6) is 0 Å². The fourth-order valence-electron chi connectivity index (χ4n) is 3.75. The average molecular weight is 479 g/mol. The van der Waals surface area contributed by atoms with Crippen LogP contribution in [0.25, 0.3) is 33.4 Å². The van der Waals surface area contributed by atoms with Crippen molar-refractivity contribution < 1.29 is 8.42 Å². The Balaban J connectivity index is 2.06. The van der Waals surface area contributed by atoms with Crippen LogP contribution in [-0.4, -0.2) is 24.6 Å². The molecule has 0 aliphatic heterocycles. The van der Waals surface area contributed by atoms with E-state index in [1.165, 1.54) is 12.3 Å². The molecule has 2 N–H and O–H groups in total. The number of rotatable bonds is 4. The molecule has 2 aromatic heterocycles. The molecule has 7 nitrogen and oxygen atoms in total. The second-order valence-electron chi connectivity index (χ2n) is 7.74. The molecule has 2 aromatic carbocycles. The number of aromatic nitrogens is 2. The summed E-state index contributed by atoms with van der Waals surface area (Å²) in [6.45, 7) is 3.58. The molecular weight excluding hydrogens is 460 g/mol. The molecule has 0 spiro atoms. The zero-order chi connectivity index (χ0) is 23.9. The second-order valence-corrected chi connectivity index (χ2v) is 9.89. The van der Waals surface area contributed by atoms with Crippen LogP contribution < -0.4 is 10.2 Å². The Hall–Kier alpha value is -3.67. The molecule has 33 heavy (non-hydrogen) atoms. The molecule has 0 fully saturated rings. The average Bonchev–Trinajstić information content (AvgIpc) is 2.75. The Morgan fingerprint density at radius 2 is 1.88 bits per heavy atom. The van der Waals surface area contributed by atoms with Gasteiger partial charge in [-0.05, 0) is 54.8 Å². The highest BCUT2D eigenvalue weighted by molar-refractivity contribution is 7.92. The van der Waals surface area contributed by atoms with Crippen molar-refractivity contribution in [3.63, 3.8) is 0 Å². The summed E-state index contributed by atoms with van der Waals surface area (Å²) in [6, 6.07) is 14.1. The van der Waals surface area contributed by atoms with E-state index < -0.39 is 10.0 Å². The van der Waals surface area contributed by atoms with E-state index in [0.29, 0.717) is 44.7 Å². The number of benzene rings is 2. The number of aromatic amines is 1. The van der Waals surface area contributed by atoms with Gasteiger partial charge in [0, 0.05) is 23.4 Å². The smallest absolute Gasteiger partial charge is 0.229 e. The Morgan fingerprint density at radius 1 is 1.12 bits per heavy atom. The summed E-state index contributed by atoms with van der Waals surface area (Å²) in [7, 11) is -3.52. The fraction of sp³-hybridized carbons (Fsp3) is 0.125. The summed E-state index contributed by atoms with van der Waals surface area (Å²) < 4.78 is 25.9. The third-order valence-corrected chi connectivity index (χ3v) is 6.21. The van der Waals surface area contributed by atoms with Gasteiger partial charge in [-0.15, -0.1) is 0 Å². The summed E-state index contributed by atoms with van der Waals surface area (Å²) in [5.41, 5.74) is 5.00. The molecule has 0 radical (unpaired) electrons. The number of pyridine rings is 2. The Morgan fingerprint density at radius 3 is 2.55 bits per heavy atom. The van der Waals surface area contributed by atoms with Crippen molar-refractivity contribution in [2.45, 2.75) is 13.8 Å². The van der Waals surface area contributed by atoms with Crippen LogP contribution in [0.15, 0.2) is 53.5 Å². The van der Waals surface area contributed by atoms with Gasteiger partial charge in [-0.3, -0.25) is 9.52 Å². The Kier molecular flexibility index (Phi) is 5.70. The number of hydrogen-bond donors (Lipinski definition) is 2. The lowest BCUT2D eigenvalue weighted by molar-refractivity contribution is 0.607. The molecule has 4 rings (SSSR count). The number of nitrogens with zero attached hydrogens (tertiary/aromatic N) is 2. The molecule has 0 saturated heterocycles. The molecule has 9 heteroatoms. The molecule has 0 bridgehead atoms. The summed E-state index contributed by atoms with van der Waals surface area (Å²) in [6.07, 6.45) is 2.59. The van der Waals surface area contributed by atoms with Crippen molar-refractivity contribution in [1.29, 1.82) is 5.26 Å². The van der Waals surface area contributed by atoms with Gasteiger partial charge < -0.3 is 4.98 Å². The zero-order valence-corrected chi connectivity index (χ0v) is 19.6. The molecule has 2 heterocycles. The van der Waals surface area contributed by atoms with Crippen LogP contribution in [0.4, 0.5) is 5.69 Å². The van der Waals surface area contributed by atoms with Gasteiger partial charge in [0.1, 0.15) is 5.65 Å². The second kappa shape index (κ2) is 8.35. The zero-order valence-electron chi connectivity index (χ0n) is 18.0. The number of fused-ring (bicyclic) bond motifs is 1. The van der Waals surface area contributed by atoms with E-state index in [0.717, 1.165) is 17.4 Å². The highest BCUT2D eigenvalue weighted by Gasteiger charge is 2.18. The van der Waals surface area contributed by atoms with Gasteiger partial charge >= 0.3 is 0 Å². The van der Waals surface area contributed by atoms with Crippen molar-refractivity contribution in [2.24, 2.45) is 0 Å². The predicted octanol–water partition coefficient (Wildman–Crippen LogP) is 4.77. The van der Waals surface area contributed by atoms with Gasteiger partial charge in [-0.2, -0.15) is 5.26 Å². The van der Waals surface area contributed by atoms with Crippen molar-refractivity contribution in [3.8, 4) is 28.5 Å². The topological polar surface area (TPSA) is 116 Å². The first-order valence-corrected chi connectivity index (χ1v) is 12.2. The van der Waals surface area contributed by atoms with Crippen LogP contribution in [0.2, 0.25) is 5.02 Å². The minimum atomic E-state index is -3.52. The number of nitrogens with one attached hydrogen (secondary N) is 2. The number of nitriles is 1. The summed E-state index contributed by atoms with van der Waals surface area (Å²) in [5, 5.41) is 10.1. The van der Waals surface area contributed by atoms with E-state index in [2.05, 4.69) is 15.8 Å². The van der Waals surface area contributed by atoms with Crippen LogP contribution in [0.3, 0.4) is 0 Å². The van der Waals surface area contributed by atoms with Crippen molar-refractivity contribution in [1.82, 2.24) is 9.97 Å². The number of sulfonamides is 1. The summed E-state index contributed by atoms with van der Waals surface area (Å²) >= 11 is 6.46. The maximum atomic E-state index is 12.5. The lowest BCUT2D eigenvalue weighted by Gasteiger charge is -2.16. The van der Waals surface area contributed by atoms with Gasteiger partial charge in [0.2, 0.25) is 10.0 Å². The van der Waals surface area contributed by atoms with Crippen molar-refractivity contribution in [3.05, 3.63) is 80.6 Å². The standard InChI is InChI=1S/C24H19ClN4O3S/c1-13-9-16(10-20(25)22(13)29-33(3,31)32)18-11-19-21(30)7-8-27-24(19)28-23(18)17-6-4-5-15(12-26)14(17)2/h4-11,29H,1-3H3,(H,27,28,30). The minimum Gasteiger partial charge on any atom is -0.346 e. The Labute approximate surface area is 195 Å². The van der Waals surface area contributed by atoms with E-state index in [-0.39, 0.29) is 10.5 Å². The van der Waals surface area contributed by atoms with Gasteiger partial charge in [0.25, 0.3) is 0 Å². The van der Waals surface area contributed by atoms with E-state index in [9.17, 15) is 18.5 Å². The molecule has 166 valence electrons. The first kappa shape index (κ1) is 22.5. The third-order valence-electron chi connectivity index (χ3n) is 5.34. The normalized spacial score (nSPS) is 11.4. The SMILES string of the molecule is Cc1cc(-c2cc3c(=O)cc[nH]c3nc2-c2cccc(C#N)c2C)cc(Cl)c1NS(C)(=O)=O. The van der Waals surface area contributed by atoms with Gasteiger partial charge in [0.15, 0.2) is 5.43 Å². The molecule has 0 aliphatic carbocycles. The molecular formula is C24H19ClN4O3S. The number of halogens is 1. The third kappa shape index (κ3) is 4.33. The maximum absolute atomic E-state index is 12.5. The molecule has 0 aliphatic rings. The Bertz CT molecular complexity index is 1610. The van der Waals surface area contributed by atoms with E-state index in [1.807, 2.05) is 13.0 Å². The number of hydrogen-bond acceptors (Lipinski definition) is 5. The number of anilines is 1. The van der Waals surface area contributed by atoms with Crippen LogP contribution in [-0.2, 0) is 10.0 Å². The summed E-state index contributed by atoms with van der Waals surface area (Å²) in [4.78, 5) is 20.3. The molecule has 0 unspecified atom stereocenters. The fourth-order valence-corrected chi connectivity index (χ4v) is 4.76. The largest absolute Gasteiger partial charge is 0.346 e. The van der Waals surface area contributed by atoms with Crippen LogP contribution >= 0.6 is 11.6 Å². The predicted molar refractivity (Wildman–Crippen MR) is 131 cm³/mol. The molecule has 0 atom stereocenters. The number of aryl methyl sites for hydroxylation is 1. The van der Waals surface area contributed by atoms with Gasteiger partial charge in [0.05, 0.1) is 39.7 Å². The van der Waals surface area contributed by atoms with Gasteiger partial charge in [-0.25, -0.2) is 13.4 Å². The van der Waals surface area contributed by atoms with Gasteiger partial charge in [-0.1, -0.05) is 23.7 Å². The lowest BCUT2D eigenvalue weighted by Crippen LogP contribution is -2.11. The molecule has 0 saturated carbocycles. The first-order valence-electron chi connectivity index (χ1n) is 9.90. The minimum absolute atomic E-state index is 0.190. The van der Waals surface area contributed by atoms with E-state index >= 15 is 0 Å². The van der Waals surface area contributed by atoms with Crippen molar-refractivity contribution >= 4 is 38.3 Å². The quantitative estimate of drug-likeness (QED) is 0.438. The van der Waals surface area contributed by atoms with Crippen LogP contribution in [0, 0.1) is 25.2 Å². The molecule has 4 aromatic rings. The highest BCUT2D eigenvalue weighted by Crippen LogP contribution is 2.38.